The summed E-state index contributed by atoms with van der Waals surface area (Å²) < 4.78 is 38.0. The van der Waals surface area contributed by atoms with Crippen LogP contribution in [0.1, 0.15) is 40.7 Å². The molecule has 0 spiro atoms. The Morgan fingerprint density at radius 2 is 1.61 bits per heavy atom. The molecule has 1 aliphatic heterocycles. The van der Waals surface area contributed by atoms with Gasteiger partial charge in [-0.2, -0.15) is 13.2 Å². The van der Waals surface area contributed by atoms with Gasteiger partial charge in [0.2, 0.25) is 0 Å². The third-order valence-corrected chi connectivity index (χ3v) is 5.50. The van der Waals surface area contributed by atoms with Crippen molar-refractivity contribution in [1.29, 1.82) is 0 Å². The molecule has 3 rings (SSSR count). The van der Waals surface area contributed by atoms with Crippen molar-refractivity contribution in [1.82, 2.24) is 10.2 Å². The number of alkyl halides is 3. The van der Waals surface area contributed by atoms with Crippen LogP contribution < -0.4 is 5.32 Å². The predicted molar refractivity (Wildman–Crippen MR) is 105 cm³/mol. The Balaban J connectivity index is 1.56. The lowest BCUT2D eigenvalue weighted by Crippen LogP contribution is -2.29. The fourth-order valence-corrected chi connectivity index (χ4v) is 3.95. The number of nitrogens with zero attached hydrogens (tertiary/aromatic N) is 1. The van der Waals surface area contributed by atoms with Crippen molar-refractivity contribution >= 4 is 17.7 Å². The van der Waals surface area contributed by atoms with Crippen LogP contribution in [0.25, 0.3) is 0 Å². The van der Waals surface area contributed by atoms with Crippen molar-refractivity contribution in [2.24, 2.45) is 0 Å². The van der Waals surface area contributed by atoms with Crippen LogP contribution in [-0.2, 0) is 13.1 Å². The summed E-state index contributed by atoms with van der Waals surface area (Å²) in [5, 5.41) is 2.71. The highest BCUT2D eigenvalue weighted by Gasteiger charge is 2.31. The number of piperidine rings is 1. The summed E-state index contributed by atoms with van der Waals surface area (Å²) >= 11 is -0.270. The Morgan fingerprint density at radius 3 is 2.29 bits per heavy atom. The van der Waals surface area contributed by atoms with E-state index in [2.05, 4.69) is 10.2 Å². The molecule has 1 N–H and O–H groups in total. The number of halogens is 3. The second-order valence-corrected chi connectivity index (χ2v) is 7.99. The number of amides is 1. The number of rotatable bonds is 6. The van der Waals surface area contributed by atoms with Crippen molar-refractivity contribution in [3.63, 3.8) is 0 Å². The van der Waals surface area contributed by atoms with Gasteiger partial charge in [-0.3, -0.25) is 9.69 Å². The minimum absolute atomic E-state index is 0.0338. The Kier molecular flexibility index (Phi) is 7.02. The van der Waals surface area contributed by atoms with Gasteiger partial charge in [0.15, 0.2) is 0 Å². The Morgan fingerprint density at radius 1 is 0.964 bits per heavy atom. The van der Waals surface area contributed by atoms with E-state index in [1.54, 1.807) is 6.07 Å². The van der Waals surface area contributed by atoms with Crippen molar-refractivity contribution < 1.29 is 18.0 Å². The molecule has 0 radical (unpaired) electrons. The maximum Gasteiger partial charge on any atom is 0.446 e. The van der Waals surface area contributed by atoms with Crippen LogP contribution >= 0.6 is 11.8 Å². The van der Waals surface area contributed by atoms with E-state index in [9.17, 15) is 18.0 Å². The van der Waals surface area contributed by atoms with E-state index in [1.807, 2.05) is 24.3 Å². The third-order valence-electron chi connectivity index (χ3n) is 4.69. The molecule has 1 amide bonds. The molecular weight excluding hydrogens is 385 g/mol. The second-order valence-electron chi connectivity index (χ2n) is 6.88. The fourth-order valence-electron chi connectivity index (χ4n) is 3.28. The van der Waals surface area contributed by atoms with Gasteiger partial charge in [-0.25, -0.2) is 0 Å². The molecule has 0 atom stereocenters. The van der Waals surface area contributed by atoms with Crippen LogP contribution in [0.3, 0.4) is 0 Å². The standard InChI is InChI=1S/C21H23F3N2OS/c22-21(23,24)28-19-7-3-2-6-18(19)20(27)25-14-16-8-10-17(11-9-16)15-26-12-4-1-5-13-26/h2-3,6-11H,1,4-5,12-15H2,(H,25,27). The van der Waals surface area contributed by atoms with Crippen molar-refractivity contribution in [3.8, 4) is 0 Å². The molecule has 1 saturated heterocycles. The number of benzene rings is 2. The zero-order valence-corrected chi connectivity index (χ0v) is 16.3. The lowest BCUT2D eigenvalue weighted by Gasteiger charge is -2.26. The fraction of sp³-hybridized carbons (Fsp3) is 0.381. The molecule has 0 aliphatic carbocycles. The van der Waals surface area contributed by atoms with E-state index >= 15 is 0 Å². The number of thioether (sulfide) groups is 1. The van der Waals surface area contributed by atoms with Gasteiger partial charge in [0.05, 0.1) is 5.56 Å². The predicted octanol–water partition coefficient (Wildman–Crippen LogP) is 5.21. The molecule has 1 aliphatic rings. The number of hydrogen-bond donors (Lipinski definition) is 1. The lowest BCUT2D eigenvalue weighted by molar-refractivity contribution is -0.0328. The summed E-state index contributed by atoms with van der Waals surface area (Å²) in [6, 6.07) is 13.8. The summed E-state index contributed by atoms with van der Waals surface area (Å²) in [7, 11) is 0. The maximum absolute atomic E-state index is 12.7. The van der Waals surface area contributed by atoms with Crippen LogP contribution in [-0.4, -0.2) is 29.4 Å². The molecule has 1 fully saturated rings. The third kappa shape index (κ3) is 6.27. The minimum atomic E-state index is -4.43. The molecule has 2 aromatic rings. The van der Waals surface area contributed by atoms with Crippen LogP contribution in [0.4, 0.5) is 13.2 Å². The first kappa shape index (κ1) is 20.7. The van der Waals surface area contributed by atoms with Crippen LogP contribution in [0.2, 0.25) is 0 Å². The average Bonchev–Trinajstić information content (AvgIpc) is 2.67. The van der Waals surface area contributed by atoms with Gasteiger partial charge in [-0.15, -0.1) is 0 Å². The topological polar surface area (TPSA) is 32.3 Å². The number of carbonyl (C=O) groups excluding carboxylic acids is 1. The summed E-state index contributed by atoms with van der Waals surface area (Å²) in [6.07, 6.45) is 3.80. The van der Waals surface area contributed by atoms with E-state index < -0.39 is 11.4 Å². The molecule has 1 heterocycles. The van der Waals surface area contributed by atoms with E-state index in [-0.39, 0.29) is 28.8 Å². The largest absolute Gasteiger partial charge is 0.446 e. The highest BCUT2D eigenvalue weighted by Crippen LogP contribution is 2.38. The van der Waals surface area contributed by atoms with Gasteiger partial charge in [0, 0.05) is 18.0 Å². The quantitative estimate of drug-likeness (QED) is 0.666. The SMILES string of the molecule is O=C(NCc1ccc(CN2CCCCC2)cc1)c1ccccc1SC(F)(F)F. The van der Waals surface area contributed by atoms with Gasteiger partial charge >= 0.3 is 5.51 Å². The first-order valence-corrected chi connectivity index (χ1v) is 10.2. The zero-order chi connectivity index (χ0) is 20.0. The monoisotopic (exact) mass is 408 g/mol. The molecule has 0 saturated carbocycles. The van der Waals surface area contributed by atoms with Crippen molar-refractivity contribution in [3.05, 3.63) is 65.2 Å². The first-order chi connectivity index (χ1) is 13.4. The summed E-state index contributed by atoms with van der Waals surface area (Å²) in [6.45, 7) is 3.46. The van der Waals surface area contributed by atoms with Crippen LogP contribution in [0.5, 0.6) is 0 Å². The Labute approximate surface area is 167 Å². The second kappa shape index (κ2) is 9.47. The van der Waals surface area contributed by atoms with Gasteiger partial charge < -0.3 is 5.32 Å². The van der Waals surface area contributed by atoms with Crippen molar-refractivity contribution in [2.45, 2.75) is 42.8 Å². The molecule has 7 heteroatoms. The van der Waals surface area contributed by atoms with E-state index in [0.717, 1.165) is 25.2 Å². The molecule has 150 valence electrons. The minimum Gasteiger partial charge on any atom is -0.348 e. The number of hydrogen-bond acceptors (Lipinski definition) is 3. The van der Waals surface area contributed by atoms with Gasteiger partial charge in [0.25, 0.3) is 5.91 Å². The van der Waals surface area contributed by atoms with Gasteiger partial charge in [-0.05, 0) is 61.0 Å². The lowest BCUT2D eigenvalue weighted by atomic mass is 10.1. The highest BCUT2D eigenvalue weighted by atomic mass is 32.2. The van der Waals surface area contributed by atoms with Gasteiger partial charge in [0.1, 0.15) is 0 Å². The van der Waals surface area contributed by atoms with E-state index in [1.165, 1.54) is 43.0 Å². The molecular formula is C21H23F3N2OS. The first-order valence-electron chi connectivity index (χ1n) is 9.34. The number of nitrogens with one attached hydrogen (secondary N) is 1. The molecule has 0 aromatic heterocycles. The smallest absolute Gasteiger partial charge is 0.348 e. The molecule has 0 unspecified atom stereocenters. The molecule has 2 aromatic carbocycles. The van der Waals surface area contributed by atoms with E-state index in [4.69, 9.17) is 0 Å². The van der Waals surface area contributed by atoms with Crippen LogP contribution in [0.15, 0.2) is 53.4 Å². The van der Waals surface area contributed by atoms with Gasteiger partial charge in [-0.1, -0.05) is 42.8 Å². The summed E-state index contributed by atoms with van der Waals surface area (Å²) in [4.78, 5) is 14.7. The normalized spacial score (nSPS) is 15.4. The molecule has 0 bridgehead atoms. The van der Waals surface area contributed by atoms with E-state index in [0.29, 0.717) is 0 Å². The summed E-state index contributed by atoms with van der Waals surface area (Å²) in [5.74, 6) is -0.509. The molecule has 3 nitrogen and oxygen atoms in total. The maximum atomic E-state index is 12.7. The van der Waals surface area contributed by atoms with Crippen molar-refractivity contribution in [2.75, 3.05) is 13.1 Å². The number of carbonyl (C=O) groups is 1. The Hall–Kier alpha value is -1.99. The molecule has 28 heavy (non-hydrogen) atoms. The Bertz CT molecular complexity index is 787. The average molecular weight is 408 g/mol. The number of likely N-dealkylation sites (tertiary alicyclic amines) is 1. The zero-order valence-electron chi connectivity index (χ0n) is 15.5. The summed E-state index contributed by atoms with van der Waals surface area (Å²) in [5.41, 5.74) is -2.26. The highest BCUT2D eigenvalue weighted by molar-refractivity contribution is 8.00. The van der Waals surface area contributed by atoms with Crippen LogP contribution in [0, 0.1) is 0 Å².